The van der Waals surface area contributed by atoms with E-state index in [-0.39, 0.29) is 5.91 Å². The number of aromatic nitrogens is 2. The van der Waals surface area contributed by atoms with E-state index in [1.165, 1.54) is 11.3 Å². The number of hydrogen-bond acceptors (Lipinski definition) is 5. The van der Waals surface area contributed by atoms with Crippen LogP contribution in [0, 0.1) is 0 Å². The van der Waals surface area contributed by atoms with Gasteiger partial charge in [-0.2, -0.15) is 0 Å². The van der Waals surface area contributed by atoms with Gasteiger partial charge in [-0.1, -0.05) is 57.2 Å². The van der Waals surface area contributed by atoms with Gasteiger partial charge in [0.25, 0.3) is 0 Å². The van der Waals surface area contributed by atoms with E-state index in [1.54, 1.807) is 0 Å². The Bertz CT molecular complexity index is 1040. The smallest absolute Gasteiger partial charge is 0.242 e. The largest absolute Gasteiger partial charge is 0.423 e. The van der Waals surface area contributed by atoms with Crippen LogP contribution in [0.3, 0.4) is 0 Å². The van der Waals surface area contributed by atoms with Crippen molar-refractivity contribution in [1.29, 1.82) is 0 Å². The molecule has 32 heavy (non-hydrogen) atoms. The highest BCUT2D eigenvalue weighted by molar-refractivity contribution is 5.94. The van der Waals surface area contributed by atoms with E-state index in [4.69, 9.17) is 4.42 Å². The Labute approximate surface area is 190 Å². The molecule has 4 rings (SSSR count). The Morgan fingerprint density at radius 3 is 2.28 bits per heavy atom. The molecule has 168 valence electrons. The number of rotatable bonds is 7. The third-order valence-corrected chi connectivity index (χ3v) is 6.47. The molecule has 6 nitrogen and oxygen atoms in total. The number of anilines is 2. The van der Waals surface area contributed by atoms with Crippen molar-refractivity contribution < 1.29 is 9.21 Å². The molecule has 0 spiro atoms. The first-order chi connectivity index (χ1) is 15.6. The molecule has 6 heteroatoms. The van der Waals surface area contributed by atoms with Gasteiger partial charge in [-0.05, 0) is 43.0 Å². The Morgan fingerprint density at radius 1 is 0.969 bits per heavy atom. The summed E-state index contributed by atoms with van der Waals surface area (Å²) in [6.07, 6.45) is 3.51. The maximum Gasteiger partial charge on any atom is 0.242 e. The first-order valence-electron chi connectivity index (χ1n) is 11.7. The van der Waals surface area contributed by atoms with Crippen molar-refractivity contribution >= 4 is 17.3 Å². The Kier molecular flexibility index (Phi) is 6.58. The summed E-state index contributed by atoms with van der Waals surface area (Å²) in [7, 11) is 0. The molecule has 1 aliphatic rings. The number of piperidine rings is 1. The predicted molar refractivity (Wildman–Crippen MR) is 127 cm³/mol. The summed E-state index contributed by atoms with van der Waals surface area (Å²) >= 11 is 0. The second-order valence-electron chi connectivity index (χ2n) is 8.27. The van der Waals surface area contributed by atoms with Crippen LogP contribution in [-0.2, 0) is 23.2 Å². The molecule has 0 unspecified atom stereocenters. The molecule has 0 atom stereocenters. The summed E-state index contributed by atoms with van der Waals surface area (Å²) in [4.78, 5) is 17.7. The van der Waals surface area contributed by atoms with Crippen LogP contribution in [0.1, 0.15) is 57.4 Å². The van der Waals surface area contributed by atoms with Gasteiger partial charge in [-0.3, -0.25) is 9.69 Å². The first-order valence-corrected chi connectivity index (χ1v) is 11.7. The van der Waals surface area contributed by atoms with Crippen LogP contribution in [-0.4, -0.2) is 29.2 Å². The van der Waals surface area contributed by atoms with E-state index in [1.807, 2.05) is 49.1 Å². The third-order valence-electron chi connectivity index (χ3n) is 6.47. The highest BCUT2D eigenvalue weighted by atomic mass is 16.4. The summed E-state index contributed by atoms with van der Waals surface area (Å²) in [6, 6.07) is 18.5. The van der Waals surface area contributed by atoms with E-state index < -0.39 is 5.54 Å². The summed E-state index contributed by atoms with van der Waals surface area (Å²) in [5.74, 6) is 1.22. The van der Waals surface area contributed by atoms with Crippen molar-refractivity contribution in [1.82, 2.24) is 10.2 Å². The van der Waals surface area contributed by atoms with Crippen molar-refractivity contribution in [2.75, 3.05) is 22.9 Å². The number of carbonyl (C=O) groups excluding carboxylic acids is 1. The summed E-state index contributed by atoms with van der Waals surface area (Å²) in [5.41, 5.74) is 2.83. The van der Waals surface area contributed by atoms with Gasteiger partial charge in [0.1, 0.15) is 5.54 Å². The standard InChI is InChI=1S/C26H32N4O2/c1-4-20-12-10-11-15-22(20)29-18-16-26(17-19-29,25-28-27-23(5-2)32-25)30(24(31)6-3)21-13-8-7-9-14-21/h7-15H,4-6,16-19H2,1-3H3. The Hall–Kier alpha value is -3.15. The minimum Gasteiger partial charge on any atom is -0.423 e. The lowest BCUT2D eigenvalue weighted by atomic mass is 9.84. The van der Waals surface area contributed by atoms with Crippen LogP contribution in [0.15, 0.2) is 59.0 Å². The van der Waals surface area contributed by atoms with E-state index in [9.17, 15) is 4.79 Å². The monoisotopic (exact) mass is 432 g/mol. The molecular weight excluding hydrogens is 400 g/mol. The molecule has 2 aromatic carbocycles. The van der Waals surface area contributed by atoms with E-state index in [0.717, 1.165) is 38.0 Å². The fourth-order valence-electron chi connectivity index (χ4n) is 4.72. The lowest BCUT2D eigenvalue weighted by Crippen LogP contribution is -2.56. The van der Waals surface area contributed by atoms with Crippen molar-refractivity contribution in [2.24, 2.45) is 0 Å². The zero-order chi connectivity index (χ0) is 22.6. The molecule has 0 bridgehead atoms. The van der Waals surface area contributed by atoms with E-state index >= 15 is 0 Å². The Morgan fingerprint density at radius 2 is 1.66 bits per heavy atom. The number of carbonyl (C=O) groups is 1. The molecule has 1 fully saturated rings. The molecule has 1 aliphatic heterocycles. The Balaban J connectivity index is 1.75. The minimum absolute atomic E-state index is 0.0647. The molecule has 1 aromatic heterocycles. The highest BCUT2D eigenvalue weighted by Gasteiger charge is 2.48. The third kappa shape index (κ3) is 4.01. The van der Waals surface area contributed by atoms with Gasteiger partial charge in [0, 0.05) is 37.3 Å². The van der Waals surface area contributed by atoms with Crippen molar-refractivity contribution in [3.05, 3.63) is 71.9 Å². The quantitative estimate of drug-likeness (QED) is 0.518. The van der Waals surface area contributed by atoms with Crippen molar-refractivity contribution in [3.8, 4) is 0 Å². The van der Waals surface area contributed by atoms with Crippen LogP contribution in [0.25, 0.3) is 0 Å². The lowest BCUT2D eigenvalue weighted by Gasteiger charge is -2.47. The van der Waals surface area contributed by atoms with Gasteiger partial charge in [0.15, 0.2) is 0 Å². The molecule has 0 N–H and O–H groups in total. The molecule has 0 radical (unpaired) electrons. The van der Waals surface area contributed by atoms with Gasteiger partial charge in [-0.15, -0.1) is 10.2 Å². The van der Waals surface area contributed by atoms with E-state index in [0.29, 0.717) is 24.6 Å². The summed E-state index contributed by atoms with van der Waals surface area (Å²) < 4.78 is 6.12. The van der Waals surface area contributed by atoms with Gasteiger partial charge in [-0.25, -0.2) is 0 Å². The number of hydrogen-bond donors (Lipinski definition) is 0. The fraction of sp³-hybridized carbons (Fsp3) is 0.423. The van der Waals surface area contributed by atoms with Gasteiger partial charge < -0.3 is 9.32 Å². The number of para-hydroxylation sites is 2. The second kappa shape index (κ2) is 9.55. The maximum absolute atomic E-state index is 13.3. The SMILES string of the molecule is CCC(=O)N(c1ccccc1)C1(c2nnc(CC)o2)CCN(c2ccccc2CC)CC1. The molecule has 0 aliphatic carbocycles. The van der Waals surface area contributed by atoms with Crippen LogP contribution >= 0.6 is 0 Å². The molecule has 0 saturated carbocycles. The molecule has 1 saturated heterocycles. The van der Waals surface area contributed by atoms with Crippen LogP contribution in [0.2, 0.25) is 0 Å². The normalized spacial score (nSPS) is 15.5. The molecule has 1 amide bonds. The first kappa shape index (κ1) is 22.1. The molecule has 2 heterocycles. The predicted octanol–water partition coefficient (Wildman–Crippen LogP) is 5.13. The lowest BCUT2D eigenvalue weighted by molar-refractivity contribution is -0.120. The number of amides is 1. The summed E-state index contributed by atoms with van der Waals surface area (Å²) in [6.45, 7) is 7.71. The topological polar surface area (TPSA) is 62.5 Å². The highest BCUT2D eigenvalue weighted by Crippen LogP contribution is 2.43. The van der Waals surface area contributed by atoms with Crippen LogP contribution in [0.4, 0.5) is 11.4 Å². The average Bonchev–Trinajstić information content (AvgIpc) is 3.35. The fourth-order valence-corrected chi connectivity index (χ4v) is 4.72. The molecule has 3 aromatic rings. The number of benzene rings is 2. The maximum atomic E-state index is 13.3. The van der Waals surface area contributed by atoms with Crippen LogP contribution < -0.4 is 9.80 Å². The molecular formula is C26H32N4O2. The number of nitrogens with zero attached hydrogens (tertiary/aromatic N) is 4. The summed E-state index contributed by atoms with van der Waals surface area (Å²) in [5, 5.41) is 8.70. The zero-order valence-corrected chi connectivity index (χ0v) is 19.3. The van der Waals surface area contributed by atoms with E-state index in [2.05, 4.69) is 46.3 Å². The van der Waals surface area contributed by atoms with Gasteiger partial charge in [0.2, 0.25) is 17.7 Å². The number of aryl methyl sites for hydroxylation is 2. The van der Waals surface area contributed by atoms with Gasteiger partial charge >= 0.3 is 0 Å². The average molecular weight is 433 g/mol. The second-order valence-corrected chi connectivity index (χ2v) is 8.27. The zero-order valence-electron chi connectivity index (χ0n) is 19.3. The van der Waals surface area contributed by atoms with Crippen LogP contribution in [0.5, 0.6) is 0 Å². The van der Waals surface area contributed by atoms with Crippen molar-refractivity contribution in [2.45, 2.75) is 58.4 Å². The van der Waals surface area contributed by atoms with Gasteiger partial charge in [0.05, 0.1) is 0 Å². The van der Waals surface area contributed by atoms with Crippen molar-refractivity contribution in [3.63, 3.8) is 0 Å². The minimum atomic E-state index is -0.660.